The van der Waals surface area contributed by atoms with Crippen molar-refractivity contribution in [2.45, 2.75) is 25.9 Å². The maximum absolute atomic E-state index is 13.2. The van der Waals surface area contributed by atoms with E-state index in [2.05, 4.69) is 4.99 Å². The molecule has 0 spiro atoms. The molecular weight excluding hydrogens is 309 g/mol. The molecule has 2 aliphatic heterocycles. The number of carbonyl (C=O) groups is 1. The fraction of sp³-hybridized carbons (Fsp3) is 0.500. The number of halogens is 3. The molecule has 2 aliphatic rings. The molecule has 4 nitrogen and oxygen atoms in total. The predicted octanol–water partition coefficient (Wildman–Crippen LogP) is 2.89. The van der Waals surface area contributed by atoms with Gasteiger partial charge in [0.2, 0.25) is 5.91 Å². The van der Waals surface area contributed by atoms with Crippen LogP contribution in [-0.2, 0) is 22.1 Å². The van der Waals surface area contributed by atoms with Gasteiger partial charge in [-0.2, -0.15) is 13.2 Å². The molecule has 0 unspecified atom stereocenters. The van der Waals surface area contributed by atoms with E-state index in [1.165, 1.54) is 0 Å². The average molecular weight is 326 g/mol. The minimum Gasteiger partial charge on any atom is -0.378 e. The summed E-state index contributed by atoms with van der Waals surface area (Å²) in [5.74, 6) is -0.106. The number of aryl methyl sites for hydroxylation is 1. The van der Waals surface area contributed by atoms with Gasteiger partial charge in [-0.05, 0) is 30.2 Å². The van der Waals surface area contributed by atoms with Gasteiger partial charge in [-0.1, -0.05) is 0 Å². The van der Waals surface area contributed by atoms with E-state index < -0.39 is 11.7 Å². The Kier molecular flexibility index (Phi) is 4.14. The van der Waals surface area contributed by atoms with Crippen LogP contribution in [0, 0.1) is 6.92 Å². The third kappa shape index (κ3) is 3.39. The molecule has 0 aromatic heterocycles. The number of nitrogens with zero attached hydrogens (tertiary/aromatic N) is 2. The fourth-order valence-electron chi connectivity index (χ4n) is 2.95. The van der Waals surface area contributed by atoms with E-state index in [-0.39, 0.29) is 24.3 Å². The molecule has 0 radical (unpaired) electrons. The van der Waals surface area contributed by atoms with Gasteiger partial charge in [-0.25, -0.2) is 0 Å². The zero-order valence-electron chi connectivity index (χ0n) is 12.7. The van der Waals surface area contributed by atoms with Crippen molar-refractivity contribution in [2.24, 2.45) is 4.99 Å². The van der Waals surface area contributed by atoms with Gasteiger partial charge in [0.15, 0.2) is 0 Å². The van der Waals surface area contributed by atoms with Crippen molar-refractivity contribution in [3.63, 3.8) is 0 Å². The van der Waals surface area contributed by atoms with E-state index in [1.54, 1.807) is 17.9 Å². The molecule has 1 aromatic rings. The summed E-state index contributed by atoms with van der Waals surface area (Å²) in [5, 5.41) is 0. The average Bonchev–Trinajstić information content (AvgIpc) is 2.88. The standard InChI is InChI=1S/C16H17F3N2O2/c1-10-6-13(16(17,18)19)12-8-11(20-14(12)7-10)9-15(22)21-2-4-23-5-3-21/h6-7H,2-5,8-9H2,1H3. The lowest BCUT2D eigenvalue weighted by atomic mass is 9.99. The number of rotatable bonds is 2. The molecule has 124 valence electrons. The van der Waals surface area contributed by atoms with E-state index in [4.69, 9.17) is 4.74 Å². The molecule has 3 rings (SSSR count). The molecule has 1 amide bonds. The van der Waals surface area contributed by atoms with Gasteiger partial charge < -0.3 is 9.64 Å². The lowest BCUT2D eigenvalue weighted by molar-refractivity contribution is -0.138. The van der Waals surface area contributed by atoms with Gasteiger partial charge in [0.1, 0.15) is 0 Å². The maximum atomic E-state index is 13.2. The van der Waals surface area contributed by atoms with Gasteiger partial charge in [0, 0.05) is 25.2 Å². The van der Waals surface area contributed by atoms with Crippen molar-refractivity contribution in [3.8, 4) is 0 Å². The molecule has 0 aliphatic carbocycles. The number of hydrogen-bond acceptors (Lipinski definition) is 3. The second kappa shape index (κ2) is 5.96. The molecule has 23 heavy (non-hydrogen) atoms. The second-order valence-electron chi connectivity index (χ2n) is 5.83. The van der Waals surface area contributed by atoms with E-state index in [0.717, 1.165) is 6.07 Å². The molecule has 1 saturated heterocycles. The van der Waals surface area contributed by atoms with Crippen molar-refractivity contribution in [1.82, 2.24) is 4.90 Å². The number of alkyl halides is 3. The van der Waals surface area contributed by atoms with Crippen molar-refractivity contribution in [2.75, 3.05) is 26.3 Å². The Morgan fingerprint density at radius 3 is 2.65 bits per heavy atom. The highest BCUT2D eigenvalue weighted by Crippen LogP contribution is 2.40. The summed E-state index contributed by atoms with van der Waals surface area (Å²) in [6, 6.07) is 2.78. The largest absolute Gasteiger partial charge is 0.416 e. The van der Waals surface area contributed by atoms with Crippen LogP contribution in [0.15, 0.2) is 17.1 Å². The second-order valence-corrected chi connectivity index (χ2v) is 5.83. The lowest BCUT2D eigenvalue weighted by Crippen LogP contribution is -2.41. The highest BCUT2D eigenvalue weighted by Gasteiger charge is 2.36. The molecule has 1 aromatic carbocycles. The minimum atomic E-state index is -4.41. The Balaban J connectivity index is 1.77. The Labute approximate surface area is 131 Å². The number of benzene rings is 1. The first kappa shape index (κ1) is 16.0. The number of hydrogen-bond donors (Lipinski definition) is 0. The summed E-state index contributed by atoms with van der Waals surface area (Å²) in [5.41, 5.74) is 0.869. The van der Waals surface area contributed by atoms with Crippen molar-refractivity contribution >= 4 is 17.3 Å². The Morgan fingerprint density at radius 1 is 1.30 bits per heavy atom. The quantitative estimate of drug-likeness (QED) is 0.839. The fourth-order valence-corrected chi connectivity index (χ4v) is 2.95. The van der Waals surface area contributed by atoms with Crippen LogP contribution in [0.2, 0.25) is 0 Å². The molecule has 7 heteroatoms. The number of aliphatic imine (C=N–C) groups is 1. The number of fused-ring (bicyclic) bond motifs is 1. The van der Waals surface area contributed by atoms with Gasteiger partial charge in [0.05, 0.1) is 30.9 Å². The molecule has 2 heterocycles. The third-order valence-corrected chi connectivity index (χ3v) is 4.05. The number of carbonyl (C=O) groups excluding carboxylic acids is 1. The summed E-state index contributed by atoms with van der Waals surface area (Å²) < 4.78 is 44.7. The molecule has 0 saturated carbocycles. The van der Waals surface area contributed by atoms with Crippen LogP contribution in [-0.4, -0.2) is 42.8 Å². The zero-order chi connectivity index (χ0) is 16.6. The van der Waals surface area contributed by atoms with Crippen LogP contribution >= 0.6 is 0 Å². The van der Waals surface area contributed by atoms with Crippen LogP contribution in [0.1, 0.15) is 23.1 Å². The number of amides is 1. The highest BCUT2D eigenvalue weighted by molar-refractivity contribution is 6.05. The maximum Gasteiger partial charge on any atom is 0.416 e. The Morgan fingerprint density at radius 2 is 2.00 bits per heavy atom. The first-order valence-electron chi connectivity index (χ1n) is 7.47. The smallest absolute Gasteiger partial charge is 0.378 e. The summed E-state index contributed by atoms with van der Waals surface area (Å²) in [6.07, 6.45) is -4.26. The van der Waals surface area contributed by atoms with Crippen LogP contribution in [0.3, 0.4) is 0 Å². The summed E-state index contributed by atoms with van der Waals surface area (Å²) in [6.45, 7) is 3.64. The van der Waals surface area contributed by atoms with E-state index >= 15 is 0 Å². The lowest BCUT2D eigenvalue weighted by Gasteiger charge is -2.26. The normalized spacial score (nSPS) is 17.9. The topological polar surface area (TPSA) is 41.9 Å². The molecule has 0 atom stereocenters. The number of morpholine rings is 1. The van der Waals surface area contributed by atoms with E-state index in [1.807, 2.05) is 0 Å². The molecule has 0 bridgehead atoms. The first-order valence-corrected chi connectivity index (χ1v) is 7.47. The van der Waals surface area contributed by atoms with Crippen molar-refractivity contribution < 1.29 is 22.7 Å². The third-order valence-electron chi connectivity index (χ3n) is 4.05. The van der Waals surface area contributed by atoms with E-state index in [9.17, 15) is 18.0 Å². The molecule has 0 N–H and O–H groups in total. The van der Waals surface area contributed by atoms with Gasteiger partial charge >= 0.3 is 6.18 Å². The van der Waals surface area contributed by atoms with Crippen LogP contribution < -0.4 is 0 Å². The van der Waals surface area contributed by atoms with Crippen LogP contribution in [0.25, 0.3) is 0 Å². The zero-order valence-corrected chi connectivity index (χ0v) is 12.7. The Hall–Kier alpha value is -1.89. The molecular formula is C16H17F3N2O2. The van der Waals surface area contributed by atoms with Crippen LogP contribution in [0.5, 0.6) is 0 Å². The highest BCUT2D eigenvalue weighted by atomic mass is 19.4. The van der Waals surface area contributed by atoms with Gasteiger partial charge in [-0.3, -0.25) is 9.79 Å². The van der Waals surface area contributed by atoms with Crippen molar-refractivity contribution in [3.05, 3.63) is 28.8 Å². The van der Waals surface area contributed by atoms with Gasteiger partial charge in [0.25, 0.3) is 0 Å². The predicted molar refractivity (Wildman–Crippen MR) is 79.0 cm³/mol. The first-order chi connectivity index (χ1) is 10.8. The number of ether oxygens (including phenoxy) is 1. The van der Waals surface area contributed by atoms with Crippen LogP contribution in [0.4, 0.5) is 18.9 Å². The van der Waals surface area contributed by atoms with Crippen molar-refractivity contribution in [1.29, 1.82) is 0 Å². The minimum absolute atomic E-state index is 0.0605. The summed E-state index contributed by atoms with van der Waals surface area (Å²) in [4.78, 5) is 18.2. The SMILES string of the molecule is Cc1cc2c(c(C(F)(F)F)c1)CC(CC(=O)N1CCOCC1)=N2. The Bertz CT molecular complexity index is 662. The van der Waals surface area contributed by atoms with E-state index in [0.29, 0.717) is 43.3 Å². The monoisotopic (exact) mass is 326 g/mol. The van der Waals surface area contributed by atoms with Gasteiger partial charge in [-0.15, -0.1) is 0 Å². The summed E-state index contributed by atoms with van der Waals surface area (Å²) >= 11 is 0. The summed E-state index contributed by atoms with van der Waals surface area (Å²) in [7, 11) is 0. The molecule has 1 fully saturated rings.